The second kappa shape index (κ2) is 15.6. The van der Waals surface area contributed by atoms with Gasteiger partial charge in [-0.2, -0.15) is 0 Å². The fourth-order valence-corrected chi connectivity index (χ4v) is 3.24. The van der Waals surface area contributed by atoms with Crippen molar-refractivity contribution in [3.63, 3.8) is 0 Å². The van der Waals surface area contributed by atoms with Crippen LogP contribution < -0.4 is 16.0 Å². The number of benzene rings is 1. The molecule has 0 heterocycles. The van der Waals surface area contributed by atoms with Crippen LogP contribution in [0.25, 0.3) is 0 Å². The first kappa shape index (κ1) is 32.4. The molecule has 0 saturated carbocycles. The molecule has 5 N–H and O–H groups in total. The Hall–Kier alpha value is -3.67. The maximum atomic E-state index is 12.9. The van der Waals surface area contributed by atoms with Crippen LogP contribution in [-0.2, 0) is 35.3 Å². The first-order chi connectivity index (χ1) is 17.7. The number of nitrogens with one attached hydrogen (secondary N) is 3. The molecule has 3 atom stereocenters. The number of carbonyl (C=O) groups excluding carboxylic acids is 4. The minimum absolute atomic E-state index is 0.0122. The standard InChI is InChI=1S/C26H39N3O9/c1-16(2)13-19(29-25(36)38-26(3,4)5)22(33)28-20(14-30)23(34)27-18(11-12-21(31)32)24(35)37-15-17-9-7-6-8-10-17/h6-10,16,18-20,30H,11-15H2,1-5H3,(H,27,34)(H,28,33)(H,29,36)(H,31,32)/t18-,19-,20-/m0/s1. The third-order valence-corrected chi connectivity index (χ3v) is 5.00. The lowest BCUT2D eigenvalue weighted by Crippen LogP contribution is -2.57. The number of ether oxygens (including phenoxy) is 2. The smallest absolute Gasteiger partial charge is 0.408 e. The van der Waals surface area contributed by atoms with Gasteiger partial charge in [0, 0.05) is 6.42 Å². The quantitative estimate of drug-likeness (QED) is 0.220. The van der Waals surface area contributed by atoms with E-state index in [2.05, 4.69) is 16.0 Å². The highest BCUT2D eigenvalue weighted by Gasteiger charge is 2.31. The largest absolute Gasteiger partial charge is 0.481 e. The van der Waals surface area contributed by atoms with E-state index >= 15 is 0 Å². The van der Waals surface area contributed by atoms with E-state index in [1.165, 1.54) is 0 Å². The van der Waals surface area contributed by atoms with E-state index in [-0.39, 0.29) is 25.4 Å². The molecular formula is C26H39N3O9. The fraction of sp³-hybridized carbons (Fsp3) is 0.577. The number of carbonyl (C=O) groups is 5. The van der Waals surface area contributed by atoms with E-state index in [1.54, 1.807) is 51.1 Å². The highest BCUT2D eigenvalue weighted by Crippen LogP contribution is 2.10. The molecule has 12 heteroatoms. The predicted octanol–water partition coefficient (Wildman–Crippen LogP) is 1.50. The van der Waals surface area contributed by atoms with Gasteiger partial charge in [-0.3, -0.25) is 14.4 Å². The van der Waals surface area contributed by atoms with Crippen LogP contribution in [0.15, 0.2) is 30.3 Å². The summed E-state index contributed by atoms with van der Waals surface area (Å²) < 4.78 is 10.4. The van der Waals surface area contributed by atoms with E-state index in [9.17, 15) is 29.1 Å². The van der Waals surface area contributed by atoms with E-state index < -0.39 is 66.6 Å². The zero-order valence-corrected chi connectivity index (χ0v) is 22.5. The van der Waals surface area contributed by atoms with Crippen molar-refractivity contribution in [1.82, 2.24) is 16.0 Å². The van der Waals surface area contributed by atoms with Gasteiger partial charge in [-0.15, -0.1) is 0 Å². The predicted molar refractivity (Wildman–Crippen MR) is 137 cm³/mol. The molecule has 0 fully saturated rings. The lowest BCUT2D eigenvalue weighted by Gasteiger charge is -2.26. The Kier molecular flexibility index (Phi) is 13.2. The molecule has 0 aromatic heterocycles. The second-order valence-corrected chi connectivity index (χ2v) is 10.2. The number of hydrogen-bond acceptors (Lipinski definition) is 8. The number of carboxylic acid groups (broad SMARTS) is 1. The topological polar surface area (TPSA) is 180 Å². The van der Waals surface area contributed by atoms with Crippen LogP contribution in [0.1, 0.15) is 59.4 Å². The third kappa shape index (κ3) is 13.0. The van der Waals surface area contributed by atoms with Crippen molar-refractivity contribution in [2.45, 2.75) is 84.2 Å². The summed E-state index contributed by atoms with van der Waals surface area (Å²) in [5.41, 5.74) is -0.102. The van der Waals surface area contributed by atoms with Crippen molar-refractivity contribution in [3.05, 3.63) is 35.9 Å². The van der Waals surface area contributed by atoms with E-state index in [1.807, 2.05) is 13.8 Å². The maximum absolute atomic E-state index is 12.9. The van der Waals surface area contributed by atoms with Gasteiger partial charge in [0.1, 0.15) is 30.3 Å². The summed E-state index contributed by atoms with van der Waals surface area (Å²) in [6.07, 6.45) is -1.30. The van der Waals surface area contributed by atoms with Crippen LogP contribution >= 0.6 is 0 Å². The summed E-state index contributed by atoms with van der Waals surface area (Å²) in [4.78, 5) is 61.6. The van der Waals surface area contributed by atoms with Gasteiger partial charge in [-0.05, 0) is 45.1 Å². The van der Waals surface area contributed by atoms with Gasteiger partial charge in [0.15, 0.2) is 0 Å². The summed E-state index contributed by atoms with van der Waals surface area (Å²) in [5, 5.41) is 26.0. The van der Waals surface area contributed by atoms with Crippen molar-refractivity contribution in [2.75, 3.05) is 6.61 Å². The Labute approximate surface area is 222 Å². The summed E-state index contributed by atoms with van der Waals surface area (Å²) in [6.45, 7) is 7.77. The normalized spacial score (nSPS) is 13.6. The number of carboxylic acids is 1. The molecule has 1 aromatic rings. The van der Waals surface area contributed by atoms with Gasteiger partial charge in [-0.1, -0.05) is 44.2 Å². The molecule has 12 nitrogen and oxygen atoms in total. The van der Waals surface area contributed by atoms with Gasteiger partial charge in [-0.25, -0.2) is 9.59 Å². The first-order valence-corrected chi connectivity index (χ1v) is 12.3. The van der Waals surface area contributed by atoms with E-state index in [0.717, 1.165) is 0 Å². The molecule has 0 aliphatic heterocycles. The Morgan fingerprint density at radius 3 is 2.00 bits per heavy atom. The second-order valence-electron chi connectivity index (χ2n) is 10.2. The number of esters is 1. The highest BCUT2D eigenvalue weighted by atomic mass is 16.6. The SMILES string of the molecule is CC(C)C[C@H](NC(=O)OC(C)(C)C)C(=O)N[C@@H](CO)C(=O)N[C@@H](CCC(=O)O)C(=O)OCc1ccccc1. The van der Waals surface area contributed by atoms with E-state index in [0.29, 0.717) is 5.56 Å². The number of aliphatic hydroxyl groups excluding tert-OH is 1. The number of hydrogen-bond donors (Lipinski definition) is 5. The van der Waals surface area contributed by atoms with Crippen LogP contribution in [0.3, 0.4) is 0 Å². The Morgan fingerprint density at radius 2 is 1.47 bits per heavy atom. The molecule has 38 heavy (non-hydrogen) atoms. The molecule has 1 aromatic carbocycles. The minimum Gasteiger partial charge on any atom is -0.481 e. The zero-order valence-electron chi connectivity index (χ0n) is 22.5. The van der Waals surface area contributed by atoms with Crippen molar-refractivity contribution >= 4 is 29.8 Å². The summed E-state index contributed by atoms with van der Waals surface area (Å²) in [5.74, 6) is -3.73. The Balaban J connectivity index is 2.90. The summed E-state index contributed by atoms with van der Waals surface area (Å²) in [6, 6.07) is 4.89. The number of rotatable bonds is 14. The number of amides is 3. The molecule has 0 unspecified atom stereocenters. The Morgan fingerprint density at radius 1 is 0.895 bits per heavy atom. The van der Waals surface area contributed by atoms with Crippen molar-refractivity contribution in [2.24, 2.45) is 5.92 Å². The number of alkyl carbamates (subject to hydrolysis) is 1. The van der Waals surface area contributed by atoms with E-state index in [4.69, 9.17) is 14.6 Å². The van der Waals surface area contributed by atoms with Gasteiger partial charge in [0.2, 0.25) is 11.8 Å². The molecule has 0 bridgehead atoms. The molecule has 0 saturated heterocycles. The monoisotopic (exact) mass is 537 g/mol. The average molecular weight is 538 g/mol. The van der Waals surface area contributed by atoms with Gasteiger partial charge in [0.05, 0.1) is 6.61 Å². The van der Waals surface area contributed by atoms with Crippen molar-refractivity contribution < 1.29 is 43.7 Å². The number of aliphatic carboxylic acids is 1. The fourth-order valence-electron chi connectivity index (χ4n) is 3.24. The van der Waals surface area contributed by atoms with Crippen LogP contribution in [0.2, 0.25) is 0 Å². The minimum atomic E-state index is -1.48. The van der Waals surface area contributed by atoms with Crippen molar-refractivity contribution in [3.8, 4) is 0 Å². The lowest BCUT2D eigenvalue weighted by molar-refractivity contribution is -0.150. The van der Waals surface area contributed by atoms with Gasteiger partial charge in [0.25, 0.3) is 0 Å². The lowest BCUT2D eigenvalue weighted by atomic mass is 10.0. The van der Waals surface area contributed by atoms with Crippen molar-refractivity contribution in [1.29, 1.82) is 0 Å². The molecule has 0 radical (unpaired) electrons. The Bertz CT molecular complexity index is 945. The molecular weight excluding hydrogens is 498 g/mol. The van der Waals surface area contributed by atoms with Crippen LogP contribution in [0.4, 0.5) is 4.79 Å². The van der Waals surface area contributed by atoms with Gasteiger partial charge >= 0.3 is 18.0 Å². The van der Waals surface area contributed by atoms with Gasteiger partial charge < -0.3 is 35.6 Å². The molecule has 3 amide bonds. The zero-order chi connectivity index (χ0) is 28.9. The molecule has 212 valence electrons. The third-order valence-electron chi connectivity index (χ3n) is 5.00. The first-order valence-electron chi connectivity index (χ1n) is 12.3. The van der Waals surface area contributed by atoms with Crippen LogP contribution in [0.5, 0.6) is 0 Å². The molecule has 1 rings (SSSR count). The number of aliphatic hydroxyl groups is 1. The molecule has 0 spiro atoms. The molecule has 0 aliphatic rings. The molecule has 0 aliphatic carbocycles. The van der Waals surface area contributed by atoms with Crippen LogP contribution in [0, 0.1) is 5.92 Å². The van der Waals surface area contributed by atoms with Crippen LogP contribution in [-0.4, -0.2) is 70.4 Å². The average Bonchev–Trinajstić information content (AvgIpc) is 2.81. The maximum Gasteiger partial charge on any atom is 0.408 e. The summed E-state index contributed by atoms with van der Waals surface area (Å²) in [7, 11) is 0. The highest BCUT2D eigenvalue weighted by molar-refractivity contribution is 5.93. The summed E-state index contributed by atoms with van der Waals surface area (Å²) >= 11 is 0.